The molecule has 1 saturated carbocycles. The van der Waals surface area contributed by atoms with Crippen molar-refractivity contribution < 1.29 is 28.8 Å². The molecule has 3 aliphatic rings. The fourth-order valence-electron chi connectivity index (χ4n) is 4.35. The van der Waals surface area contributed by atoms with Crippen LogP contribution in [0.4, 0.5) is 5.69 Å². The molecule has 1 heterocycles. The van der Waals surface area contributed by atoms with Crippen LogP contribution in [0.15, 0.2) is 30.4 Å². The maximum absolute atomic E-state index is 12.5. The molecule has 0 unspecified atom stereocenters. The predicted octanol–water partition coefficient (Wildman–Crippen LogP) is 1.78. The standard InChI is InChI=1S/C19H15ClN2O7/c20-12-4-3-9(6-13(12)22(27)28)14(23)8-29-15(24)7-21-18(25)16-10-1-2-11(5-10)17(16)19(21)26/h1-4,6,10-11,16-17H,5,7-8H2/t10-,11-,16-,17+/m0/s1. The summed E-state index contributed by atoms with van der Waals surface area (Å²) in [5.41, 5.74) is -0.480. The first-order valence-electron chi connectivity index (χ1n) is 8.94. The number of likely N-dealkylation sites (tertiary alicyclic amines) is 1. The van der Waals surface area contributed by atoms with Gasteiger partial charge >= 0.3 is 5.97 Å². The number of carbonyl (C=O) groups is 4. The van der Waals surface area contributed by atoms with Gasteiger partial charge < -0.3 is 4.74 Å². The maximum atomic E-state index is 12.5. The number of hydrogen-bond donors (Lipinski definition) is 0. The van der Waals surface area contributed by atoms with Gasteiger partial charge in [0, 0.05) is 11.6 Å². The summed E-state index contributed by atoms with van der Waals surface area (Å²) in [6, 6.07) is 3.48. The monoisotopic (exact) mass is 418 g/mol. The summed E-state index contributed by atoms with van der Waals surface area (Å²) in [5.74, 6) is -3.10. The minimum Gasteiger partial charge on any atom is -0.456 e. The lowest BCUT2D eigenvalue weighted by atomic mass is 9.85. The Labute approximate surface area is 169 Å². The number of nitrogens with zero attached hydrogens (tertiary/aromatic N) is 2. The number of halogens is 1. The first-order chi connectivity index (χ1) is 13.8. The third kappa shape index (κ3) is 3.21. The molecule has 150 valence electrons. The molecule has 1 aromatic carbocycles. The van der Waals surface area contributed by atoms with Gasteiger partial charge in [0.1, 0.15) is 11.6 Å². The number of esters is 1. The number of nitro groups is 1. The van der Waals surface area contributed by atoms with E-state index in [4.69, 9.17) is 16.3 Å². The van der Waals surface area contributed by atoms with Gasteiger partial charge in [0.05, 0.1) is 16.8 Å². The van der Waals surface area contributed by atoms with Gasteiger partial charge in [-0.2, -0.15) is 0 Å². The maximum Gasteiger partial charge on any atom is 0.326 e. The van der Waals surface area contributed by atoms with E-state index >= 15 is 0 Å². The molecule has 2 bridgehead atoms. The van der Waals surface area contributed by atoms with E-state index in [1.54, 1.807) is 0 Å². The zero-order valence-electron chi connectivity index (χ0n) is 14.9. The van der Waals surface area contributed by atoms with Crippen LogP contribution < -0.4 is 0 Å². The van der Waals surface area contributed by atoms with Crippen LogP contribution in [0.2, 0.25) is 5.02 Å². The molecular formula is C19H15ClN2O7. The molecule has 2 fully saturated rings. The van der Waals surface area contributed by atoms with E-state index in [-0.39, 0.29) is 34.2 Å². The smallest absolute Gasteiger partial charge is 0.326 e. The Bertz CT molecular complexity index is 959. The van der Waals surface area contributed by atoms with Crippen LogP contribution in [0.1, 0.15) is 16.8 Å². The topological polar surface area (TPSA) is 124 Å². The molecule has 0 aromatic heterocycles. The van der Waals surface area contributed by atoms with Crippen LogP contribution in [-0.4, -0.2) is 46.5 Å². The summed E-state index contributed by atoms with van der Waals surface area (Å²) in [6.07, 6.45) is 4.68. The number of rotatable bonds is 6. The van der Waals surface area contributed by atoms with Crippen molar-refractivity contribution >= 4 is 40.9 Å². The minimum absolute atomic E-state index is 0.0322. The third-order valence-corrected chi connectivity index (χ3v) is 6.00. The van der Waals surface area contributed by atoms with E-state index in [2.05, 4.69) is 0 Å². The quantitative estimate of drug-likeness (QED) is 0.172. The van der Waals surface area contributed by atoms with Crippen LogP contribution in [0.3, 0.4) is 0 Å². The molecule has 0 N–H and O–H groups in total. The second-order valence-corrected chi connectivity index (χ2v) is 7.68. The number of hydrogen-bond acceptors (Lipinski definition) is 7. The van der Waals surface area contributed by atoms with Gasteiger partial charge in [-0.1, -0.05) is 23.8 Å². The number of nitro benzene ring substituents is 1. The Balaban J connectivity index is 1.36. The Morgan fingerprint density at radius 1 is 1.17 bits per heavy atom. The lowest BCUT2D eigenvalue weighted by Crippen LogP contribution is -2.38. The average molecular weight is 419 g/mol. The molecule has 0 radical (unpaired) electrons. The van der Waals surface area contributed by atoms with Gasteiger partial charge in [0.25, 0.3) is 5.69 Å². The van der Waals surface area contributed by atoms with Crippen LogP contribution >= 0.6 is 11.6 Å². The SMILES string of the molecule is O=C(CN1C(=O)[C@@H]2[C@H](C1=O)[C@H]1C=C[C@H]2C1)OCC(=O)c1ccc(Cl)c([N+](=O)[O-])c1. The lowest BCUT2D eigenvalue weighted by molar-refractivity contribution is -0.384. The van der Waals surface area contributed by atoms with E-state index in [0.29, 0.717) is 0 Å². The second-order valence-electron chi connectivity index (χ2n) is 7.27. The molecule has 10 heteroatoms. The Morgan fingerprint density at radius 2 is 1.79 bits per heavy atom. The van der Waals surface area contributed by atoms with E-state index < -0.39 is 47.4 Å². The zero-order valence-corrected chi connectivity index (χ0v) is 15.7. The van der Waals surface area contributed by atoms with E-state index in [9.17, 15) is 29.3 Å². The first-order valence-corrected chi connectivity index (χ1v) is 9.32. The number of carbonyl (C=O) groups excluding carboxylic acids is 4. The largest absolute Gasteiger partial charge is 0.456 e. The Kier molecular flexibility index (Phi) is 4.70. The van der Waals surface area contributed by atoms with Gasteiger partial charge in [0.15, 0.2) is 6.61 Å². The Hall–Kier alpha value is -3.07. The van der Waals surface area contributed by atoms with Crippen LogP contribution in [-0.2, 0) is 19.1 Å². The van der Waals surface area contributed by atoms with Crippen molar-refractivity contribution in [1.29, 1.82) is 0 Å². The molecule has 29 heavy (non-hydrogen) atoms. The summed E-state index contributed by atoms with van der Waals surface area (Å²) < 4.78 is 4.89. The lowest BCUT2D eigenvalue weighted by Gasteiger charge is -2.16. The van der Waals surface area contributed by atoms with E-state index in [1.165, 1.54) is 12.1 Å². The average Bonchev–Trinajstić information content (AvgIpc) is 3.36. The van der Waals surface area contributed by atoms with Crippen molar-refractivity contribution in [3.8, 4) is 0 Å². The first kappa shape index (κ1) is 19.3. The van der Waals surface area contributed by atoms with E-state index in [1.807, 2.05) is 12.2 Å². The van der Waals surface area contributed by atoms with Crippen LogP contribution in [0.25, 0.3) is 0 Å². The summed E-state index contributed by atoms with van der Waals surface area (Å²) >= 11 is 5.70. The predicted molar refractivity (Wildman–Crippen MR) is 97.8 cm³/mol. The van der Waals surface area contributed by atoms with Crippen molar-refractivity contribution in [2.75, 3.05) is 13.2 Å². The van der Waals surface area contributed by atoms with Gasteiger partial charge in [-0.15, -0.1) is 0 Å². The molecule has 0 spiro atoms. The number of ketones is 1. The summed E-state index contributed by atoms with van der Waals surface area (Å²) in [4.78, 5) is 60.4. The number of ether oxygens (including phenoxy) is 1. The molecule has 1 saturated heterocycles. The van der Waals surface area contributed by atoms with Gasteiger partial charge in [-0.3, -0.25) is 34.2 Å². The number of fused-ring (bicyclic) bond motifs is 5. The van der Waals surface area contributed by atoms with Crippen LogP contribution in [0, 0.1) is 33.8 Å². The normalized spacial score (nSPS) is 26.7. The van der Waals surface area contributed by atoms with Crippen molar-refractivity contribution in [2.45, 2.75) is 6.42 Å². The summed E-state index contributed by atoms with van der Waals surface area (Å²) in [5, 5.41) is 10.8. The number of allylic oxidation sites excluding steroid dienone is 2. The fraction of sp³-hybridized carbons (Fsp3) is 0.368. The van der Waals surface area contributed by atoms with Crippen LogP contribution in [0.5, 0.6) is 0 Å². The minimum atomic E-state index is -0.899. The highest BCUT2D eigenvalue weighted by molar-refractivity contribution is 6.32. The number of benzene rings is 1. The molecule has 2 amide bonds. The molecule has 9 nitrogen and oxygen atoms in total. The van der Waals surface area contributed by atoms with Crippen molar-refractivity contribution in [1.82, 2.24) is 4.90 Å². The fourth-order valence-corrected chi connectivity index (χ4v) is 4.54. The highest BCUT2D eigenvalue weighted by atomic mass is 35.5. The van der Waals surface area contributed by atoms with Gasteiger partial charge in [-0.25, -0.2) is 0 Å². The molecule has 4 atom stereocenters. The van der Waals surface area contributed by atoms with Gasteiger partial charge in [-0.05, 0) is 30.4 Å². The molecule has 4 rings (SSSR count). The van der Waals surface area contributed by atoms with Crippen molar-refractivity contribution in [3.63, 3.8) is 0 Å². The molecule has 1 aliphatic heterocycles. The van der Waals surface area contributed by atoms with Crippen molar-refractivity contribution in [2.24, 2.45) is 23.7 Å². The number of amides is 2. The Morgan fingerprint density at radius 3 is 2.38 bits per heavy atom. The second kappa shape index (κ2) is 7.07. The molecule has 1 aromatic rings. The highest BCUT2D eigenvalue weighted by Gasteiger charge is 2.59. The van der Waals surface area contributed by atoms with Gasteiger partial charge in [0.2, 0.25) is 17.6 Å². The molecular weight excluding hydrogens is 404 g/mol. The summed E-state index contributed by atoms with van der Waals surface area (Å²) in [6.45, 7) is -1.23. The zero-order chi connectivity index (χ0) is 20.9. The highest BCUT2D eigenvalue weighted by Crippen LogP contribution is 2.52. The number of imide groups is 1. The third-order valence-electron chi connectivity index (χ3n) is 5.68. The number of Topliss-reactive ketones (excluding diaryl/α,β-unsaturated/α-hetero) is 1. The summed E-state index contributed by atoms with van der Waals surface area (Å²) in [7, 11) is 0. The molecule has 2 aliphatic carbocycles. The van der Waals surface area contributed by atoms with Crippen molar-refractivity contribution in [3.05, 3.63) is 51.1 Å². The van der Waals surface area contributed by atoms with E-state index in [0.717, 1.165) is 17.4 Å².